The standard InChI is InChI=1S/C17H30N2/c1-6-16(12-18-4)13-19(5)10-9-17-11-14(2)7-8-15(17)3/h7-8,11,16,18H,6,9-10,12-13H2,1-5H3. The molecule has 0 saturated heterocycles. The minimum Gasteiger partial charge on any atom is -0.319 e. The molecule has 0 radical (unpaired) electrons. The highest BCUT2D eigenvalue weighted by atomic mass is 15.1. The first kappa shape index (κ1) is 16.2. The number of aryl methyl sites for hydroxylation is 2. The first-order valence-electron chi connectivity index (χ1n) is 7.46. The quantitative estimate of drug-likeness (QED) is 0.775. The van der Waals surface area contributed by atoms with Crippen molar-refractivity contribution < 1.29 is 0 Å². The maximum Gasteiger partial charge on any atom is 0.00190 e. The summed E-state index contributed by atoms with van der Waals surface area (Å²) in [5.74, 6) is 0.758. The van der Waals surface area contributed by atoms with E-state index in [0.29, 0.717) is 0 Å². The Kier molecular flexibility index (Phi) is 7.11. The lowest BCUT2D eigenvalue weighted by atomic mass is 10.0. The smallest absolute Gasteiger partial charge is 0.00190 e. The monoisotopic (exact) mass is 262 g/mol. The Hall–Kier alpha value is -0.860. The highest BCUT2D eigenvalue weighted by Gasteiger charge is 2.09. The van der Waals surface area contributed by atoms with Gasteiger partial charge in [-0.1, -0.05) is 37.1 Å². The molecule has 108 valence electrons. The average Bonchev–Trinajstić information content (AvgIpc) is 2.39. The summed E-state index contributed by atoms with van der Waals surface area (Å²) < 4.78 is 0. The zero-order valence-corrected chi connectivity index (χ0v) is 13.3. The zero-order chi connectivity index (χ0) is 14.3. The van der Waals surface area contributed by atoms with Crippen molar-refractivity contribution in [1.82, 2.24) is 10.2 Å². The molecule has 1 rings (SSSR count). The van der Waals surface area contributed by atoms with Gasteiger partial charge >= 0.3 is 0 Å². The van der Waals surface area contributed by atoms with E-state index < -0.39 is 0 Å². The van der Waals surface area contributed by atoms with Crippen LogP contribution in [0.2, 0.25) is 0 Å². The number of nitrogens with zero attached hydrogens (tertiary/aromatic N) is 1. The minimum absolute atomic E-state index is 0.758. The van der Waals surface area contributed by atoms with Gasteiger partial charge in [0.25, 0.3) is 0 Å². The van der Waals surface area contributed by atoms with Crippen LogP contribution in [0.15, 0.2) is 18.2 Å². The summed E-state index contributed by atoms with van der Waals surface area (Å²) >= 11 is 0. The Labute approximate surface area is 119 Å². The van der Waals surface area contributed by atoms with E-state index in [1.165, 1.54) is 29.7 Å². The molecule has 0 aliphatic heterocycles. The van der Waals surface area contributed by atoms with E-state index in [4.69, 9.17) is 0 Å². The molecule has 0 heterocycles. The average molecular weight is 262 g/mol. The van der Waals surface area contributed by atoms with Crippen LogP contribution in [0, 0.1) is 19.8 Å². The minimum atomic E-state index is 0.758. The Balaban J connectivity index is 2.45. The summed E-state index contributed by atoms with van der Waals surface area (Å²) in [6, 6.07) is 6.76. The van der Waals surface area contributed by atoms with E-state index in [0.717, 1.165) is 25.4 Å². The van der Waals surface area contributed by atoms with Crippen LogP contribution in [-0.2, 0) is 6.42 Å². The molecule has 1 atom stereocenters. The molecule has 1 unspecified atom stereocenters. The van der Waals surface area contributed by atoms with Crippen LogP contribution in [0.5, 0.6) is 0 Å². The third kappa shape index (κ3) is 5.75. The molecule has 0 aliphatic rings. The van der Waals surface area contributed by atoms with Gasteiger partial charge in [-0.05, 0) is 58.0 Å². The van der Waals surface area contributed by atoms with Crippen molar-refractivity contribution in [3.05, 3.63) is 34.9 Å². The molecular weight excluding hydrogens is 232 g/mol. The Bertz CT molecular complexity index is 374. The molecular formula is C17H30N2. The van der Waals surface area contributed by atoms with Gasteiger partial charge in [-0.2, -0.15) is 0 Å². The second-order valence-electron chi connectivity index (χ2n) is 5.77. The van der Waals surface area contributed by atoms with Crippen molar-refractivity contribution in [3.8, 4) is 0 Å². The number of benzene rings is 1. The molecule has 0 aliphatic carbocycles. The van der Waals surface area contributed by atoms with E-state index in [9.17, 15) is 0 Å². The molecule has 19 heavy (non-hydrogen) atoms. The van der Waals surface area contributed by atoms with Gasteiger partial charge in [0.2, 0.25) is 0 Å². The summed E-state index contributed by atoms with van der Waals surface area (Å²) in [5, 5.41) is 3.29. The van der Waals surface area contributed by atoms with Crippen molar-refractivity contribution >= 4 is 0 Å². The van der Waals surface area contributed by atoms with Crippen molar-refractivity contribution in [1.29, 1.82) is 0 Å². The third-order valence-electron chi connectivity index (χ3n) is 3.91. The molecule has 0 aromatic heterocycles. The van der Waals surface area contributed by atoms with E-state index in [2.05, 4.69) is 56.2 Å². The first-order valence-corrected chi connectivity index (χ1v) is 7.46. The second-order valence-corrected chi connectivity index (χ2v) is 5.77. The van der Waals surface area contributed by atoms with E-state index in [1.54, 1.807) is 0 Å². The molecule has 2 nitrogen and oxygen atoms in total. The fraction of sp³-hybridized carbons (Fsp3) is 0.647. The third-order valence-corrected chi connectivity index (χ3v) is 3.91. The summed E-state index contributed by atoms with van der Waals surface area (Å²) in [7, 11) is 4.28. The van der Waals surface area contributed by atoms with Gasteiger partial charge in [0.1, 0.15) is 0 Å². The number of nitrogens with one attached hydrogen (secondary N) is 1. The number of hydrogen-bond acceptors (Lipinski definition) is 2. The van der Waals surface area contributed by atoms with Crippen LogP contribution in [0.1, 0.15) is 30.0 Å². The molecule has 0 bridgehead atoms. The largest absolute Gasteiger partial charge is 0.319 e. The van der Waals surface area contributed by atoms with Crippen LogP contribution in [-0.4, -0.2) is 38.6 Å². The van der Waals surface area contributed by atoms with Gasteiger partial charge in [-0.15, -0.1) is 0 Å². The van der Waals surface area contributed by atoms with Crippen molar-refractivity contribution in [2.45, 2.75) is 33.6 Å². The molecule has 0 spiro atoms. The lowest BCUT2D eigenvalue weighted by Crippen LogP contribution is -2.32. The fourth-order valence-electron chi connectivity index (χ4n) is 2.54. The Morgan fingerprint density at radius 1 is 1.26 bits per heavy atom. The molecule has 1 N–H and O–H groups in total. The summed E-state index contributed by atoms with van der Waals surface area (Å²) in [4.78, 5) is 2.47. The van der Waals surface area contributed by atoms with E-state index in [1.807, 2.05) is 7.05 Å². The van der Waals surface area contributed by atoms with Crippen molar-refractivity contribution in [2.24, 2.45) is 5.92 Å². The van der Waals surface area contributed by atoms with Crippen LogP contribution < -0.4 is 5.32 Å². The van der Waals surface area contributed by atoms with Gasteiger partial charge in [-0.3, -0.25) is 0 Å². The van der Waals surface area contributed by atoms with Crippen LogP contribution in [0.4, 0.5) is 0 Å². The normalized spacial score (nSPS) is 12.9. The lowest BCUT2D eigenvalue weighted by Gasteiger charge is -2.23. The predicted molar refractivity (Wildman–Crippen MR) is 84.8 cm³/mol. The van der Waals surface area contributed by atoms with Gasteiger partial charge in [0.15, 0.2) is 0 Å². The van der Waals surface area contributed by atoms with Gasteiger partial charge in [0, 0.05) is 13.1 Å². The molecule has 1 aromatic rings. The van der Waals surface area contributed by atoms with Gasteiger partial charge < -0.3 is 10.2 Å². The predicted octanol–water partition coefficient (Wildman–Crippen LogP) is 3.02. The van der Waals surface area contributed by atoms with Gasteiger partial charge in [-0.25, -0.2) is 0 Å². The fourth-order valence-corrected chi connectivity index (χ4v) is 2.54. The molecule has 2 heteroatoms. The molecule has 0 amide bonds. The SMILES string of the molecule is CCC(CNC)CN(C)CCc1cc(C)ccc1C. The van der Waals surface area contributed by atoms with Crippen molar-refractivity contribution in [3.63, 3.8) is 0 Å². The van der Waals surface area contributed by atoms with Crippen LogP contribution >= 0.6 is 0 Å². The van der Waals surface area contributed by atoms with Crippen LogP contribution in [0.3, 0.4) is 0 Å². The summed E-state index contributed by atoms with van der Waals surface area (Å²) in [6.07, 6.45) is 2.40. The maximum atomic E-state index is 3.29. The Morgan fingerprint density at radius 2 is 2.00 bits per heavy atom. The Morgan fingerprint density at radius 3 is 2.63 bits per heavy atom. The molecule has 0 saturated carbocycles. The van der Waals surface area contributed by atoms with Crippen molar-refractivity contribution in [2.75, 3.05) is 33.7 Å². The zero-order valence-electron chi connectivity index (χ0n) is 13.3. The summed E-state index contributed by atoms with van der Waals surface area (Å²) in [6.45, 7) is 10.1. The lowest BCUT2D eigenvalue weighted by molar-refractivity contribution is 0.271. The number of hydrogen-bond donors (Lipinski definition) is 1. The maximum absolute atomic E-state index is 3.29. The van der Waals surface area contributed by atoms with E-state index in [-0.39, 0.29) is 0 Å². The number of likely N-dealkylation sites (N-methyl/N-ethyl adjacent to an activating group) is 1. The topological polar surface area (TPSA) is 15.3 Å². The molecule has 0 fully saturated rings. The molecule has 1 aromatic carbocycles. The first-order chi connectivity index (χ1) is 9.06. The van der Waals surface area contributed by atoms with Gasteiger partial charge in [0.05, 0.1) is 0 Å². The second kappa shape index (κ2) is 8.34. The summed E-state index contributed by atoms with van der Waals surface area (Å²) in [5.41, 5.74) is 4.28. The van der Waals surface area contributed by atoms with Crippen LogP contribution in [0.25, 0.3) is 0 Å². The van der Waals surface area contributed by atoms with E-state index >= 15 is 0 Å². The number of rotatable bonds is 8. The highest BCUT2D eigenvalue weighted by Crippen LogP contribution is 2.12. The highest BCUT2D eigenvalue weighted by molar-refractivity contribution is 5.30.